The summed E-state index contributed by atoms with van der Waals surface area (Å²) in [7, 11) is 0. The van der Waals surface area contributed by atoms with Crippen molar-refractivity contribution in [2.45, 2.75) is 32.9 Å². The smallest absolute Gasteiger partial charge is 0.261 e. The lowest BCUT2D eigenvalue weighted by molar-refractivity contribution is -0.128. The zero-order valence-corrected chi connectivity index (χ0v) is 13.7. The van der Waals surface area contributed by atoms with Crippen LogP contribution in [0.3, 0.4) is 0 Å². The lowest BCUT2D eigenvalue weighted by Crippen LogP contribution is -2.38. The maximum Gasteiger partial charge on any atom is 0.261 e. The SMILES string of the molecule is CCC(Oc1c(F)c(C)c(F)c(F)c1F)C(=O)NCc1ccccc1. The Morgan fingerprint density at radius 3 is 2.28 bits per heavy atom. The first kappa shape index (κ1) is 18.8. The predicted octanol–water partition coefficient (Wildman–Crippen LogP) is 4.03. The monoisotopic (exact) mass is 355 g/mol. The fourth-order valence-corrected chi connectivity index (χ4v) is 2.19. The van der Waals surface area contributed by atoms with Crippen molar-refractivity contribution in [2.75, 3.05) is 0 Å². The summed E-state index contributed by atoms with van der Waals surface area (Å²) in [5.74, 6) is -8.34. The van der Waals surface area contributed by atoms with Gasteiger partial charge in [0.2, 0.25) is 5.82 Å². The van der Waals surface area contributed by atoms with E-state index in [9.17, 15) is 22.4 Å². The van der Waals surface area contributed by atoms with Crippen LogP contribution in [0, 0.1) is 30.2 Å². The average molecular weight is 355 g/mol. The molecule has 1 amide bonds. The normalized spacial score (nSPS) is 11.9. The van der Waals surface area contributed by atoms with E-state index in [1.165, 1.54) is 0 Å². The summed E-state index contributed by atoms with van der Waals surface area (Å²) in [5, 5.41) is 2.57. The molecule has 0 saturated heterocycles. The van der Waals surface area contributed by atoms with Gasteiger partial charge in [-0.2, -0.15) is 4.39 Å². The van der Waals surface area contributed by atoms with E-state index < -0.39 is 46.6 Å². The van der Waals surface area contributed by atoms with E-state index in [2.05, 4.69) is 5.32 Å². The molecule has 134 valence electrons. The molecule has 1 atom stereocenters. The Kier molecular flexibility index (Phi) is 6.01. The van der Waals surface area contributed by atoms with E-state index in [0.717, 1.165) is 12.5 Å². The second-order valence-corrected chi connectivity index (χ2v) is 5.43. The highest BCUT2D eigenvalue weighted by Crippen LogP contribution is 2.30. The van der Waals surface area contributed by atoms with Crippen LogP contribution in [-0.2, 0) is 11.3 Å². The van der Waals surface area contributed by atoms with Gasteiger partial charge in [-0.05, 0) is 18.9 Å². The van der Waals surface area contributed by atoms with Crippen LogP contribution in [0.15, 0.2) is 30.3 Å². The average Bonchev–Trinajstić information content (AvgIpc) is 2.64. The van der Waals surface area contributed by atoms with Crippen molar-refractivity contribution in [3.63, 3.8) is 0 Å². The number of amides is 1. The Hall–Kier alpha value is -2.57. The van der Waals surface area contributed by atoms with E-state index in [4.69, 9.17) is 4.74 Å². The maximum atomic E-state index is 14.0. The molecule has 1 N–H and O–H groups in total. The molecule has 0 heterocycles. The molecule has 2 aromatic carbocycles. The van der Waals surface area contributed by atoms with Crippen LogP contribution >= 0.6 is 0 Å². The van der Waals surface area contributed by atoms with Crippen LogP contribution in [0.1, 0.15) is 24.5 Å². The molecule has 2 aromatic rings. The predicted molar refractivity (Wildman–Crippen MR) is 84.0 cm³/mol. The molecule has 0 aliphatic carbocycles. The molecule has 0 radical (unpaired) electrons. The number of ether oxygens (including phenoxy) is 1. The summed E-state index contributed by atoms with van der Waals surface area (Å²) in [5.41, 5.74) is 0.111. The molecule has 1 unspecified atom stereocenters. The first-order valence-electron chi connectivity index (χ1n) is 7.67. The first-order chi connectivity index (χ1) is 11.9. The number of nitrogens with one attached hydrogen (secondary N) is 1. The molecule has 0 aliphatic rings. The second kappa shape index (κ2) is 8.00. The van der Waals surface area contributed by atoms with Crippen molar-refractivity contribution in [1.29, 1.82) is 0 Å². The third kappa shape index (κ3) is 4.10. The lowest BCUT2D eigenvalue weighted by atomic mass is 10.1. The zero-order chi connectivity index (χ0) is 18.6. The van der Waals surface area contributed by atoms with Gasteiger partial charge in [-0.1, -0.05) is 37.3 Å². The minimum Gasteiger partial charge on any atom is -0.474 e. The van der Waals surface area contributed by atoms with Crippen LogP contribution < -0.4 is 10.1 Å². The standard InChI is InChI=1S/C18H17F4NO2/c1-3-12(18(24)23-9-11-7-5-4-6-8-11)25-17-14(20)10(2)13(19)15(21)16(17)22/h4-8,12H,3,9H2,1-2H3,(H,23,24). The van der Waals surface area contributed by atoms with Gasteiger partial charge < -0.3 is 10.1 Å². The number of benzene rings is 2. The Labute approximate surface area is 142 Å². The van der Waals surface area contributed by atoms with E-state index in [0.29, 0.717) is 0 Å². The zero-order valence-electron chi connectivity index (χ0n) is 13.7. The first-order valence-corrected chi connectivity index (χ1v) is 7.67. The topological polar surface area (TPSA) is 38.3 Å². The number of rotatable bonds is 6. The van der Waals surface area contributed by atoms with Gasteiger partial charge in [0.05, 0.1) is 0 Å². The Bertz CT molecular complexity index is 736. The van der Waals surface area contributed by atoms with Crippen molar-refractivity contribution < 1.29 is 27.1 Å². The number of carbonyl (C=O) groups excluding carboxylic acids is 1. The van der Waals surface area contributed by atoms with E-state index in [1.54, 1.807) is 31.2 Å². The van der Waals surface area contributed by atoms with Gasteiger partial charge in [0.1, 0.15) is 0 Å². The van der Waals surface area contributed by atoms with Gasteiger partial charge >= 0.3 is 0 Å². The fourth-order valence-electron chi connectivity index (χ4n) is 2.19. The minimum atomic E-state index is -1.84. The summed E-state index contributed by atoms with van der Waals surface area (Å²) >= 11 is 0. The van der Waals surface area contributed by atoms with Crippen LogP contribution in [0.2, 0.25) is 0 Å². The molecule has 0 fully saturated rings. The number of carbonyl (C=O) groups is 1. The van der Waals surface area contributed by atoms with Gasteiger partial charge in [0.25, 0.3) is 5.91 Å². The number of halogens is 4. The van der Waals surface area contributed by atoms with E-state index in [1.807, 2.05) is 6.07 Å². The maximum absolute atomic E-state index is 14.0. The molecule has 7 heteroatoms. The highest BCUT2D eigenvalue weighted by molar-refractivity contribution is 5.81. The quantitative estimate of drug-likeness (QED) is 0.483. The summed E-state index contributed by atoms with van der Waals surface area (Å²) in [6.45, 7) is 2.72. The van der Waals surface area contributed by atoms with Crippen molar-refractivity contribution in [1.82, 2.24) is 5.32 Å². The Balaban J connectivity index is 2.15. The Morgan fingerprint density at radius 2 is 1.68 bits per heavy atom. The molecule has 0 aliphatic heterocycles. The van der Waals surface area contributed by atoms with Gasteiger partial charge in [0, 0.05) is 12.1 Å². The van der Waals surface area contributed by atoms with Crippen molar-refractivity contribution in [2.24, 2.45) is 0 Å². The molecular formula is C18H17F4NO2. The van der Waals surface area contributed by atoms with Crippen LogP contribution in [0.5, 0.6) is 5.75 Å². The van der Waals surface area contributed by atoms with Gasteiger partial charge in [-0.3, -0.25) is 4.79 Å². The third-order valence-electron chi connectivity index (χ3n) is 3.68. The lowest BCUT2D eigenvalue weighted by Gasteiger charge is -2.19. The molecule has 0 saturated carbocycles. The molecule has 0 bridgehead atoms. The van der Waals surface area contributed by atoms with Crippen LogP contribution in [-0.4, -0.2) is 12.0 Å². The largest absolute Gasteiger partial charge is 0.474 e. The van der Waals surface area contributed by atoms with Crippen molar-refractivity contribution in [3.8, 4) is 5.75 Å². The van der Waals surface area contributed by atoms with Crippen LogP contribution in [0.25, 0.3) is 0 Å². The van der Waals surface area contributed by atoms with Crippen molar-refractivity contribution in [3.05, 3.63) is 64.7 Å². The molecule has 2 rings (SSSR count). The molecule has 0 spiro atoms. The Morgan fingerprint density at radius 1 is 1.04 bits per heavy atom. The van der Waals surface area contributed by atoms with Gasteiger partial charge in [-0.25, -0.2) is 13.2 Å². The highest BCUT2D eigenvalue weighted by Gasteiger charge is 2.28. The number of hydrogen-bond acceptors (Lipinski definition) is 2. The molecule has 25 heavy (non-hydrogen) atoms. The third-order valence-corrected chi connectivity index (χ3v) is 3.68. The molecule has 3 nitrogen and oxygen atoms in total. The van der Waals surface area contributed by atoms with Crippen LogP contribution in [0.4, 0.5) is 17.6 Å². The summed E-state index contributed by atoms with van der Waals surface area (Å²) in [6.07, 6.45) is -1.17. The van der Waals surface area contributed by atoms with Crippen molar-refractivity contribution >= 4 is 5.91 Å². The van der Waals surface area contributed by atoms with E-state index in [-0.39, 0.29) is 13.0 Å². The minimum absolute atomic E-state index is 0.0809. The van der Waals surface area contributed by atoms with E-state index >= 15 is 0 Å². The molecular weight excluding hydrogens is 338 g/mol. The fraction of sp³-hybridized carbons (Fsp3) is 0.278. The molecule has 0 aromatic heterocycles. The highest BCUT2D eigenvalue weighted by atomic mass is 19.2. The summed E-state index contributed by atoms with van der Waals surface area (Å²) < 4.78 is 59.6. The summed E-state index contributed by atoms with van der Waals surface area (Å²) in [6, 6.07) is 8.99. The summed E-state index contributed by atoms with van der Waals surface area (Å²) in [4.78, 5) is 12.2. The second-order valence-electron chi connectivity index (χ2n) is 5.43. The van der Waals surface area contributed by atoms with Gasteiger partial charge in [0.15, 0.2) is 29.3 Å². The van der Waals surface area contributed by atoms with Gasteiger partial charge in [-0.15, -0.1) is 0 Å². The number of hydrogen-bond donors (Lipinski definition) is 1.